The summed E-state index contributed by atoms with van der Waals surface area (Å²) in [7, 11) is 2.01. The number of aliphatic hydroxyl groups is 1. The Morgan fingerprint density at radius 2 is 2.14 bits per heavy atom. The second-order valence-corrected chi connectivity index (χ2v) is 9.05. The number of nitrogen functional groups attached to an aromatic ring is 1. The van der Waals surface area contributed by atoms with Crippen LogP contribution in [0.4, 0.5) is 27.7 Å². The van der Waals surface area contributed by atoms with Crippen LogP contribution in [0.2, 0.25) is 0 Å². The molecule has 0 saturated carbocycles. The van der Waals surface area contributed by atoms with Crippen molar-refractivity contribution in [1.82, 2.24) is 25.1 Å². The predicted octanol–water partition coefficient (Wildman–Crippen LogP) is 3.36. The Morgan fingerprint density at radius 3 is 2.97 bits per heavy atom. The summed E-state index contributed by atoms with van der Waals surface area (Å²) in [5.74, 6) is 1.95. The number of benzene rings is 2. The van der Waals surface area contributed by atoms with E-state index in [-0.39, 0.29) is 18.3 Å². The highest BCUT2D eigenvalue weighted by Crippen LogP contribution is 2.30. The van der Waals surface area contributed by atoms with Crippen molar-refractivity contribution in [1.29, 1.82) is 0 Å². The number of halogens is 1. The van der Waals surface area contributed by atoms with Gasteiger partial charge in [0.05, 0.1) is 18.3 Å². The number of anilines is 4. The van der Waals surface area contributed by atoms with E-state index in [1.165, 1.54) is 6.07 Å². The van der Waals surface area contributed by atoms with E-state index in [0.717, 1.165) is 42.8 Å². The van der Waals surface area contributed by atoms with E-state index in [4.69, 9.17) is 15.6 Å². The smallest absolute Gasteiger partial charge is 0.223 e. The Labute approximate surface area is 207 Å². The molecule has 1 unspecified atom stereocenters. The zero-order chi connectivity index (χ0) is 25.1. The molecule has 0 amide bonds. The molecular weight excluding hydrogens is 463 g/mol. The van der Waals surface area contributed by atoms with E-state index in [1.807, 2.05) is 19.2 Å². The molecule has 1 fully saturated rings. The molecule has 1 atom stereocenters. The van der Waals surface area contributed by atoms with Crippen molar-refractivity contribution < 1.29 is 14.2 Å². The first-order valence-corrected chi connectivity index (χ1v) is 11.8. The maximum atomic E-state index is 14.8. The Hall–Kier alpha value is -3.96. The Bertz CT molecular complexity index is 1350. The summed E-state index contributed by atoms with van der Waals surface area (Å²) in [6.07, 6.45) is 2.72. The summed E-state index contributed by atoms with van der Waals surface area (Å²) >= 11 is 0. The minimum Gasteiger partial charge on any atom is -0.454 e. The van der Waals surface area contributed by atoms with E-state index in [1.54, 1.807) is 30.5 Å². The molecule has 3 heterocycles. The molecule has 1 aliphatic rings. The Morgan fingerprint density at radius 1 is 1.25 bits per heavy atom. The van der Waals surface area contributed by atoms with Gasteiger partial charge in [0, 0.05) is 49.4 Å². The van der Waals surface area contributed by atoms with Crippen LogP contribution in [0, 0.1) is 11.7 Å². The number of nitrogens with two attached hydrogens (primary N) is 1. The van der Waals surface area contributed by atoms with Crippen LogP contribution in [0.15, 0.2) is 48.7 Å². The molecule has 1 aliphatic heterocycles. The number of aliphatic hydroxyl groups excluding tert-OH is 1. The third-order valence-corrected chi connectivity index (χ3v) is 6.24. The second kappa shape index (κ2) is 10.3. The lowest BCUT2D eigenvalue weighted by molar-refractivity contribution is 0.206. The average Bonchev–Trinajstić information content (AvgIpc) is 3.50. The lowest BCUT2D eigenvalue weighted by Gasteiger charge is -2.21. The van der Waals surface area contributed by atoms with Gasteiger partial charge in [-0.15, -0.1) is 0 Å². The van der Waals surface area contributed by atoms with Crippen molar-refractivity contribution in [3.8, 4) is 11.5 Å². The third kappa shape index (κ3) is 5.47. The van der Waals surface area contributed by atoms with Crippen LogP contribution >= 0.6 is 0 Å². The maximum absolute atomic E-state index is 14.8. The first kappa shape index (κ1) is 23.8. The SMILES string of the molecule is CN(CCO)CC1CCN(c2cc(Nc3ccc(Oc4ccc5[nH]ncc5c4)c(F)c3)nc(N)n2)C1. The lowest BCUT2D eigenvalue weighted by atomic mass is 10.1. The van der Waals surface area contributed by atoms with Crippen LogP contribution in [0.5, 0.6) is 11.5 Å². The minimum absolute atomic E-state index is 0.112. The number of aromatic nitrogens is 4. The van der Waals surface area contributed by atoms with Gasteiger partial charge in [-0.25, -0.2) is 4.39 Å². The number of hydrogen-bond acceptors (Lipinski definition) is 9. The van der Waals surface area contributed by atoms with E-state index < -0.39 is 5.82 Å². The normalized spacial score (nSPS) is 15.7. The number of nitrogens with one attached hydrogen (secondary N) is 2. The van der Waals surface area contributed by atoms with Crippen molar-refractivity contribution in [2.24, 2.45) is 5.92 Å². The number of fused-ring (bicyclic) bond motifs is 1. The van der Waals surface area contributed by atoms with Crippen molar-refractivity contribution in [3.63, 3.8) is 0 Å². The second-order valence-electron chi connectivity index (χ2n) is 9.05. The molecule has 10 nitrogen and oxygen atoms in total. The van der Waals surface area contributed by atoms with Crippen LogP contribution in [-0.2, 0) is 0 Å². The fourth-order valence-corrected chi connectivity index (χ4v) is 4.49. The van der Waals surface area contributed by atoms with Gasteiger partial charge in [-0.05, 0) is 49.7 Å². The lowest BCUT2D eigenvalue weighted by Crippen LogP contribution is -2.30. The first-order valence-electron chi connectivity index (χ1n) is 11.8. The van der Waals surface area contributed by atoms with Gasteiger partial charge < -0.3 is 30.7 Å². The van der Waals surface area contributed by atoms with Gasteiger partial charge >= 0.3 is 0 Å². The van der Waals surface area contributed by atoms with Gasteiger partial charge in [-0.1, -0.05) is 0 Å². The highest BCUT2D eigenvalue weighted by atomic mass is 19.1. The van der Waals surface area contributed by atoms with Crippen molar-refractivity contribution in [3.05, 3.63) is 54.5 Å². The van der Waals surface area contributed by atoms with Gasteiger partial charge in [-0.3, -0.25) is 5.10 Å². The molecule has 188 valence electrons. The molecule has 0 bridgehead atoms. The van der Waals surface area contributed by atoms with Gasteiger partial charge in [0.25, 0.3) is 0 Å². The van der Waals surface area contributed by atoms with Crippen LogP contribution < -0.4 is 20.7 Å². The molecule has 2 aromatic carbocycles. The highest BCUT2D eigenvalue weighted by Gasteiger charge is 2.25. The van der Waals surface area contributed by atoms with Crippen LogP contribution in [0.1, 0.15) is 6.42 Å². The van der Waals surface area contributed by atoms with E-state index in [0.29, 0.717) is 29.7 Å². The van der Waals surface area contributed by atoms with E-state index in [9.17, 15) is 4.39 Å². The van der Waals surface area contributed by atoms with Crippen LogP contribution in [-0.4, -0.2) is 70.0 Å². The van der Waals surface area contributed by atoms with Crippen molar-refractivity contribution in [2.45, 2.75) is 6.42 Å². The van der Waals surface area contributed by atoms with Gasteiger partial charge in [0.15, 0.2) is 11.6 Å². The summed E-state index contributed by atoms with van der Waals surface area (Å²) in [6.45, 7) is 3.42. The molecule has 4 aromatic rings. The molecular formula is C25H29FN8O2. The summed E-state index contributed by atoms with van der Waals surface area (Å²) in [5, 5.41) is 20.0. The molecule has 36 heavy (non-hydrogen) atoms. The topological polar surface area (TPSA) is 128 Å². The number of hydrogen-bond donors (Lipinski definition) is 4. The molecule has 2 aromatic heterocycles. The standard InChI is InChI=1S/C25H29FN8O2/c1-33(8-9-35)14-16-6-7-34(15-16)24-12-23(30-25(27)31-24)29-18-2-5-22(20(26)11-18)36-19-3-4-21-17(10-19)13-28-32-21/h2-5,10-13,16,35H,6-9,14-15H2,1H3,(H,28,32)(H3,27,29,30,31). The zero-order valence-electron chi connectivity index (χ0n) is 20.0. The molecule has 1 saturated heterocycles. The van der Waals surface area contributed by atoms with Crippen molar-refractivity contribution in [2.75, 3.05) is 55.8 Å². The van der Waals surface area contributed by atoms with Crippen molar-refractivity contribution >= 4 is 34.2 Å². The van der Waals surface area contributed by atoms with Gasteiger partial charge in [-0.2, -0.15) is 15.1 Å². The molecule has 5 rings (SSSR count). The van der Waals surface area contributed by atoms with E-state index in [2.05, 4.69) is 35.3 Å². The average molecular weight is 493 g/mol. The first-order chi connectivity index (χ1) is 17.5. The van der Waals surface area contributed by atoms with Gasteiger partial charge in [0.2, 0.25) is 5.95 Å². The summed E-state index contributed by atoms with van der Waals surface area (Å²) in [4.78, 5) is 13.0. The van der Waals surface area contributed by atoms with Gasteiger partial charge in [0.1, 0.15) is 17.4 Å². The Balaban J connectivity index is 1.26. The monoisotopic (exact) mass is 492 g/mol. The zero-order valence-corrected chi connectivity index (χ0v) is 20.0. The number of ether oxygens (including phenoxy) is 1. The van der Waals surface area contributed by atoms with Crippen LogP contribution in [0.25, 0.3) is 10.9 Å². The maximum Gasteiger partial charge on any atom is 0.223 e. The Kier molecular flexibility index (Phi) is 6.83. The largest absolute Gasteiger partial charge is 0.454 e. The molecule has 0 radical (unpaired) electrons. The summed E-state index contributed by atoms with van der Waals surface area (Å²) in [5.41, 5.74) is 7.37. The number of H-pyrrole nitrogens is 1. The number of nitrogens with zero attached hydrogens (tertiary/aromatic N) is 5. The fraction of sp³-hybridized carbons (Fsp3) is 0.320. The predicted molar refractivity (Wildman–Crippen MR) is 137 cm³/mol. The number of rotatable bonds is 9. The molecule has 0 aliphatic carbocycles. The number of aromatic amines is 1. The number of likely N-dealkylation sites (N-methyl/N-ethyl adjacent to an activating group) is 1. The molecule has 0 spiro atoms. The summed E-state index contributed by atoms with van der Waals surface area (Å²) in [6, 6.07) is 11.8. The highest BCUT2D eigenvalue weighted by molar-refractivity contribution is 5.79. The third-order valence-electron chi connectivity index (χ3n) is 6.24. The van der Waals surface area contributed by atoms with Crippen LogP contribution in [0.3, 0.4) is 0 Å². The summed E-state index contributed by atoms with van der Waals surface area (Å²) < 4.78 is 20.6. The fourth-order valence-electron chi connectivity index (χ4n) is 4.49. The minimum atomic E-state index is -0.510. The molecule has 11 heteroatoms. The molecule has 5 N–H and O–H groups in total. The van der Waals surface area contributed by atoms with E-state index >= 15 is 0 Å². The quantitative estimate of drug-likeness (QED) is 0.278.